The van der Waals surface area contributed by atoms with E-state index in [2.05, 4.69) is 5.32 Å². The Labute approximate surface area is 157 Å². The summed E-state index contributed by atoms with van der Waals surface area (Å²) in [5.74, 6) is 0.212. The zero-order valence-corrected chi connectivity index (χ0v) is 15.7. The maximum atomic E-state index is 12.3. The van der Waals surface area contributed by atoms with E-state index in [1.165, 1.54) is 11.8 Å². The SMILES string of the molecule is CC(C)Oc1ccc(C(=O)NC(CSCc2ccccc2)C(=O)O)cc1. The predicted molar refractivity (Wildman–Crippen MR) is 104 cm³/mol. The first-order valence-electron chi connectivity index (χ1n) is 8.37. The van der Waals surface area contributed by atoms with Crippen molar-refractivity contribution >= 4 is 23.6 Å². The van der Waals surface area contributed by atoms with Gasteiger partial charge < -0.3 is 15.2 Å². The van der Waals surface area contributed by atoms with Gasteiger partial charge in [0.05, 0.1) is 6.10 Å². The molecule has 2 N–H and O–H groups in total. The normalized spacial score (nSPS) is 11.8. The molecule has 1 atom stereocenters. The van der Waals surface area contributed by atoms with Gasteiger partial charge in [-0.25, -0.2) is 4.79 Å². The molecule has 26 heavy (non-hydrogen) atoms. The molecule has 0 saturated heterocycles. The third kappa shape index (κ3) is 6.44. The van der Waals surface area contributed by atoms with Crippen LogP contribution in [0, 0.1) is 0 Å². The van der Waals surface area contributed by atoms with Crippen molar-refractivity contribution in [3.05, 3.63) is 65.7 Å². The lowest BCUT2D eigenvalue weighted by molar-refractivity contribution is -0.138. The molecule has 0 bridgehead atoms. The zero-order chi connectivity index (χ0) is 18.9. The van der Waals surface area contributed by atoms with Gasteiger partial charge in [0.2, 0.25) is 0 Å². The Balaban J connectivity index is 1.89. The molecule has 2 aromatic rings. The van der Waals surface area contributed by atoms with Crippen LogP contribution < -0.4 is 10.1 Å². The molecular weight excluding hydrogens is 350 g/mol. The smallest absolute Gasteiger partial charge is 0.327 e. The summed E-state index contributed by atoms with van der Waals surface area (Å²) in [7, 11) is 0. The first-order valence-corrected chi connectivity index (χ1v) is 9.53. The third-order valence-electron chi connectivity index (χ3n) is 3.49. The predicted octanol–water partition coefficient (Wildman–Crippen LogP) is 3.59. The summed E-state index contributed by atoms with van der Waals surface area (Å²) < 4.78 is 5.53. The second kappa shape index (κ2) is 9.87. The average molecular weight is 373 g/mol. The van der Waals surface area contributed by atoms with E-state index < -0.39 is 17.9 Å². The fourth-order valence-corrected chi connectivity index (χ4v) is 3.25. The molecule has 0 aliphatic heterocycles. The number of benzene rings is 2. The molecule has 5 nitrogen and oxygen atoms in total. The Morgan fingerprint density at radius 3 is 2.31 bits per heavy atom. The molecule has 0 aliphatic carbocycles. The molecule has 0 aliphatic rings. The molecule has 2 aromatic carbocycles. The zero-order valence-electron chi connectivity index (χ0n) is 14.8. The highest BCUT2D eigenvalue weighted by atomic mass is 32.2. The van der Waals surface area contributed by atoms with Crippen molar-refractivity contribution in [2.45, 2.75) is 31.7 Å². The van der Waals surface area contributed by atoms with Crippen LogP contribution >= 0.6 is 11.8 Å². The van der Waals surface area contributed by atoms with Crippen LogP contribution in [0.3, 0.4) is 0 Å². The Kier molecular flexibility index (Phi) is 7.53. The summed E-state index contributed by atoms with van der Waals surface area (Å²) in [4.78, 5) is 23.7. The number of carboxylic acid groups (broad SMARTS) is 1. The second-order valence-electron chi connectivity index (χ2n) is 6.06. The molecule has 6 heteroatoms. The number of aliphatic carboxylic acids is 1. The highest BCUT2D eigenvalue weighted by Gasteiger charge is 2.20. The van der Waals surface area contributed by atoms with Gasteiger partial charge in [-0.05, 0) is 43.7 Å². The van der Waals surface area contributed by atoms with E-state index in [-0.39, 0.29) is 6.10 Å². The van der Waals surface area contributed by atoms with E-state index >= 15 is 0 Å². The first kappa shape index (κ1) is 19.8. The number of hydrogen-bond donors (Lipinski definition) is 2. The Morgan fingerprint density at radius 1 is 1.08 bits per heavy atom. The van der Waals surface area contributed by atoms with Crippen molar-refractivity contribution in [3.8, 4) is 5.75 Å². The Hall–Kier alpha value is -2.47. The monoisotopic (exact) mass is 373 g/mol. The van der Waals surface area contributed by atoms with Gasteiger partial charge in [0.1, 0.15) is 11.8 Å². The fourth-order valence-electron chi connectivity index (χ4n) is 2.24. The summed E-state index contributed by atoms with van der Waals surface area (Å²) in [6.45, 7) is 3.84. The molecule has 2 rings (SSSR count). The van der Waals surface area contributed by atoms with Crippen molar-refractivity contribution in [1.29, 1.82) is 0 Å². The standard InChI is InChI=1S/C20H23NO4S/c1-14(2)25-17-10-8-16(9-11-17)19(22)21-18(20(23)24)13-26-12-15-6-4-3-5-7-15/h3-11,14,18H,12-13H2,1-2H3,(H,21,22)(H,23,24). The van der Waals surface area contributed by atoms with Gasteiger partial charge in [-0.3, -0.25) is 4.79 Å². The number of amides is 1. The minimum absolute atomic E-state index is 0.0488. The van der Waals surface area contributed by atoms with Crippen molar-refractivity contribution in [2.24, 2.45) is 0 Å². The number of rotatable bonds is 9. The third-order valence-corrected chi connectivity index (χ3v) is 4.59. The van der Waals surface area contributed by atoms with E-state index in [1.54, 1.807) is 24.3 Å². The molecule has 0 aromatic heterocycles. The topological polar surface area (TPSA) is 75.6 Å². The number of carboxylic acids is 1. The van der Waals surface area contributed by atoms with Crippen molar-refractivity contribution in [1.82, 2.24) is 5.32 Å². The average Bonchev–Trinajstić information content (AvgIpc) is 2.61. The quantitative estimate of drug-likeness (QED) is 0.702. The lowest BCUT2D eigenvalue weighted by Crippen LogP contribution is -2.42. The number of hydrogen-bond acceptors (Lipinski definition) is 4. The maximum Gasteiger partial charge on any atom is 0.327 e. The van der Waals surface area contributed by atoms with Crippen LogP contribution in [0.1, 0.15) is 29.8 Å². The van der Waals surface area contributed by atoms with Gasteiger partial charge in [-0.1, -0.05) is 30.3 Å². The molecule has 138 valence electrons. The molecule has 0 saturated carbocycles. The molecule has 0 heterocycles. The number of nitrogens with one attached hydrogen (secondary N) is 1. The summed E-state index contributed by atoms with van der Waals surface area (Å²) >= 11 is 1.47. The van der Waals surface area contributed by atoms with Gasteiger partial charge in [0.15, 0.2) is 0 Å². The van der Waals surface area contributed by atoms with Gasteiger partial charge in [0.25, 0.3) is 5.91 Å². The van der Waals surface area contributed by atoms with E-state index in [4.69, 9.17) is 4.74 Å². The van der Waals surface area contributed by atoms with Gasteiger partial charge in [0, 0.05) is 17.1 Å². The number of ether oxygens (including phenoxy) is 1. The van der Waals surface area contributed by atoms with Gasteiger partial charge in [-0.2, -0.15) is 11.8 Å². The molecule has 1 unspecified atom stereocenters. The fraction of sp³-hybridized carbons (Fsp3) is 0.300. The van der Waals surface area contributed by atoms with Crippen molar-refractivity contribution in [3.63, 3.8) is 0 Å². The lowest BCUT2D eigenvalue weighted by atomic mass is 10.2. The summed E-state index contributed by atoms with van der Waals surface area (Å²) in [6.07, 6.45) is 0.0488. The van der Waals surface area contributed by atoms with Crippen LogP contribution in [0.15, 0.2) is 54.6 Å². The largest absolute Gasteiger partial charge is 0.491 e. The maximum absolute atomic E-state index is 12.3. The minimum atomic E-state index is -1.04. The van der Waals surface area contributed by atoms with E-state index in [9.17, 15) is 14.7 Å². The molecule has 1 amide bonds. The van der Waals surface area contributed by atoms with E-state index in [0.29, 0.717) is 22.8 Å². The minimum Gasteiger partial charge on any atom is -0.491 e. The van der Waals surface area contributed by atoms with Crippen molar-refractivity contribution in [2.75, 3.05) is 5.75 Å². The summed E-state index contributed by atoms with van der Waals surface area (Å²) in [6, 6.07) is 15.5. The van der Waals surface area contributed by atoms with Crippen LogP contribution in [0.5, 0.6) is 5.75 Å². The number of thioether (sulfide) groups is 1. The molecule has 0 spiro atoms. The van der Waals surface area contributed by atoms with Crippen LogP contribution in [0.4, 0.5) is 0 Å². The Bertz CT molecular complexity index is 716. The number of carbonyl (C=O) groups excluding carboxylic acids is 1. The first-order chi connectivity index (χ1) is 12.5. The van der Waals surface area contributed by atoms with E-state index in [1.807, 2.05) is 44.2 Å². The second-order valence-corrected chi connectivity index (χ2v) is 7.09. The van der Waals surface area contributed by atoms with E-state index in [0.717, 1.165) is 5.56 Å². The molecule has 0 radical (unpaired) electrons. The lowest BCUT2D eigenvalue weighted by Gasteiger charge is -2.15. The summed E-state index contributed by atoms with van der Waals surface area (Å²) in [5.41, 5.74) is 1.52. The van der Waals surface area contributed by atoms with Crippen LogP contribution in [0.25, 0.3) is 0 Å². The van der Waals surface area contributed by atoms with Crippen molar-refractivity contribution < 1.29 is 19.4 Å². The van der Waals surface area contributed by atoms with Crippen LogP contribution in [-0.4, -0.2) is 34.9 Å². The van der Waals surface area contributed by atoms with Crippen LogP contribution in [0.2, 0.25) is 0 Å². The van der Waals surface area contributed by atoms with Gasteiger partial charge >= 0.3 is 5.97 Å². The summed E-state index contributed by atoms with van der Waals surface area (Å²) in [5, 5.41) is 11.9. The highest BCUT2D eigenvalue weighted by Crippen LogP contribution is 2.15. The highest BCUT2D eigenvalue weighted by molar-refractivity contribution is 7.98. The Morgan fingerprint density at radius 2 is 1.73 bits per heavy atom. The van der Waals surface area contributed by atoms with Crippen LogP contribution in [-0.2, 0) is 10.5 Å². The number of carbonyl (C=O) groups is 2. The molecular formula is C20H23NO4S. The molecule has 0 fully saturated rings. The van der Waals surface area contributed by atoms with Gasteiger partial charge in [-0.15, -0.1) is 0 Å².